The molecule has 0 aromatic heterocycles. The standard InChI is InChI=1S/C9H16O2/c1-7(10)6-8(2)11-9(3,4)5/h6H,1-5H3/b8-6-. The number of hydrogen-bond acceptors (Lipinski definition) is 2. The van der Waals surface area contributed by atoms with E-state index in [1.165, 1.54) is 13.0 Å². The van der Waals surface area contributed by atoms with Gasteiger partial charge in [0.25, 0.3) is 0 Å². The van der Waals surface area contributed by atoms with E-state index in [-0.39, 0.29) is 11.4 Å². The number of carbonyl (C=O) groups excluding carboxylic acids is 1. The van der Waals surface area contributed by atoms with Crippen molar-refractivity contribution in [2.45, 2.75) is 40.2 Å². The summed E-state index contributed by atoms with van der Waals surface area (Å²) in [5, 5.41) is 0. The molecule has 0 unspecified atom stereocenters. The average Bonchev–Trinajstić information content (AvgIpc) is 1.53. The Kier molecular flexibility index (Phi) is 3.30. The van der Waals surface area contributed by atoms with E-state index in [9.17, 15) is 4.79 Å². The van der Waals surface area contributed by atoms with E-state index < -0.39 is 0 Å². The summed E-state index contributed by atoms with van der Waals surface area (Å²) in [6.45, 7) is 9.14. The van der Waals surface area contributed by atoms with Crippen molar-refractivity contribution in [1.29, 1.82) is 0 Å². The summed E-state index contributed by atoms with van der Waals surface area (Å²) in [4.78, 5) is 10.6. The van der Waals surface area contributed by atoms with Crippen LogP contribution in [0.25, 0.3) is 0 Å². The van der Waals surface area contributed by atoms with Crippen LogP contribution in [0, 0.1) is 0 Å². The average molecular weight is 156 g/mol. The van der Waals surface area contributed by atoms with E-state index in [1.807, 2.05) is 20.8 Å². The predicted molar refractivity (Wildman–Crippen MR) is 45.3 cm³/mol. The molecule has 64 valence electrons. The molecule has 0 saturated carbocycles. The first-order valence-electron chi connectivity index (χ1n) is 3.69. The van der Waals surface area contributed by atoms with Crippen LogP contribution in [-0.4, -0.2) is 11.4 Å². The summed E-state index contributed by atoms with van der Waals surface area (Å²) in [5.41, 5.74) is -0.212. The van der Waals surface area contributed by atoms with Crippen LogP contribution in [0.15, 0.2) is 11.8 Å². The van der Waals surface area contributed by atoms with Crippen molar-refractivity contribution in [3.05, 3.63) is 11.8 Å². The second kappa shape index (κ2) is 3.56. The van der Waals surface area contributed by atoms with E-state index in [0.717, 1.165) is 0 Å². The molecule has 0 amide bonds. The lowest BCUT2D eigenvalue weighted by molar-refractivity contribution is -0.112. The lowest BCUT2D eigenvalue weighted by Crippen LogP contribution is -2.18. The minimum atomic E-state index is -0.212. The second-order valence-corrected chi connectivity index (χ2v) is 3.58. The van der Waals surface area contributed by atoms with E-state index in [1.54, 1.807) is 6.92 Å². The predicted octanol–water partition coefficient (Wildman–Crippen LogP) is 2.29. The fraction of sp³-hybridized carbons (Fsp3) is 0.667. The van der Waals surface area contributed by atoms with Gasteiger partial charge in [-0.2, -0.15) is 0 Å². The zero-order valence-corrected chi connectivity index (χ0v) is 7.89. The highest BCUT2D eigenvalue weighted by atomic mass is 16.5. The van der Waals surface area contributed by atoms with Gasteiger partial charge in [0.15, 0.2) is 5.78 Å². The van der Waals surface area contributed by atoms with Crippen LogP contribution in [0.5, 0.6) is 0 Å². The number of ether oxygens (including phenoxy) is 1. The van der Waals surface area contributed by atoms with Gasteiger partial charge >= 0.3 is 0 Å². The van der Waals surface area contributed by atoms with Crippen molar-refractivity contribution >= 4 is 5.78 Å². The van der Waals surface area contributed by atoms with Gasteiger partial charge in [0.05, 0.1) is 5.76 Å². The molecule has 0 aliphatic rings. The van der Waals surface area contributed by atoms with Crippen LogP contribution in [0.1, 0.15) is 34.6 Å². The number of rotatable bonds is 2. The highest BCUT2D eigenvalue weighted by Crippen LogP contribution is 2.12. The fourth-order valence-electron chi connectivity index (χ4n) is 0.799. The van der Waals surface area contributed by atoms with Crippen LogP contribution >= 0.6 is 0 Å². The lowest BCUT2D eigenvalue weighted by Gasteiger charge is -2.21. The number of ketones is 1. The fourth-order valence-corrected chi connectivity index (χ4v) is 0.799. The van der Waals surface area contributed by atoms with E-state index >= 15 is 0 Å². The quantitative estimate of drug-likeness (QED) is 0.453. The van der Waals surface area contributed by atoms with Crippen molar-refractivity contribution in [3.63, 3.8) is 0 Å². The van der Waals surface area contributed by atoms with Crippen molar-refractivity contribution in [2.75, 3.05) is 0 Å². The first kappa shape index (κ1) is 10.2. The molecule has 2 heteroatoms. The molecule has 0 radical (unpaired) electrons. The van der Waals surface area contributed by atoms with Crippen molar-refractivity contribution in [2.24, 2.45) is 0 Å². The maximum atomic E-state index is 10.6. The smallest absolute Gasteiger partial charge is 0.155 e. The maximum absolute atomic E-state index is 10.6. The van der Waals surface area contributed by atoms with Gasteiger partial charge in [0.1, 0.15) is 5.60 Å². The molecular weight excluding hydrogens is 140 g/mol. The van der Waals surface area contributed by atoms with Gasteiger partial charge in [-0.05, 0) is 34.6 Å². The highest BCUT2D eigenvalue weighted by Gasteiger charge is 2.10. The Hall–Kier alpha value is -0.790. The third-order valence-corrected chi connectivity index (χ3v) is 0.874. The van der Waals surface area contributed by atoms with Gasteiger partial charge in [-0.15, -0.1) is 0 Å². The molecule has 0 aromatic carbocycles. The SMILES string of the molecule is CC(=O)/C=C(/C)OC(C)(C)C. The van der Waals surface area contributed by atoms with E-state index in [2.05, 4.69) is 0 Å². The Bertz CT molecular complexity index is 172. The van der Waals surface area contributed by atoms with Crippen molar-refractivity contribution in [1.82, 2.24) is 0 Å². The Morgan fingerprint density at radius 3 is 2.00 bits per heavy atom. The second-order valence-electron chi connectivity index (χ2n) is 3.58. The first-order valence-corrected chi connectivity index (χ1v) is 3.69. The summed E-state index contributed by atoms with van der Waals surface area (Å²) >= 11 is 0. The molecule has 0 atom stereocenters. The van der Waals surface area contributed by atoms with Gasteiger partial charge in [0.2, 0.25) is 0 Å². The summed E-state index contributed by atoms with van der Waals surface area (Å²) in [7, 11) is 0. The third-order valence-electron chi connectivity index (χ3n) is 0.874. The molecule has 11 heavy (non-hydrogen) atoms. The molecule has 0 aliphatic heterocycles. The van der Waals surface area contributed by atoms with Gasteiger partial charge < -0.3 is 4.74 Å². The molecule has 0 bridgehead atoms. The molecule has 0 spiro atoms. The lowest BCUT2D eigenvalue weighted by atomic mass is 10.2. The van der Waals surface area contributed by atoms with E-state index in [0.29, 0.717) is 5.76 Å². The van der Waals surface area contributed by atoms with Crippen LogP contribution < -0.4 is 0 Å². The number of hydrogen-bond donors (Lipinski definition) is 0. The van der Waals surface area contributed by atoms with Crippen molar-refractivity contribution < 1.29 is 9.53 Å². The maximum Gasteiger partial charge on any atom is 0.155 e. The summed E-state index contributed by atoms with van der Waals surface area (Å²) in [6.07, 6.45) is 1.49. The Morgan fingerprint density at radius 1 is 1.27 bits per heavy atom. The minimum absolute atomic E-state index is 0.0201. The minimum Gasteiger partial charge on any atom is -0.493 e. The Labute approximate surface area is 68.2 Å². The molecule has 0 aliphatic carbocycles. The monoisotopic (exact) mass is 156 g/mol. The zero-order valence-electron chi connectivity index (χ0n) is 7.89. The number of carbonyl (C=O) groups is 1. The summed E-state index contributed by atoms with van der Waals surface area (Å²) < 4.78 is 5.39. The van der Waals surface area contributed by atoms with Gasteiger partial charge in [0, 0.05) is 6.08 Å². The van der Waals surface area contributed by atoms with Crippen LogP contribution in [-0.2, 0) is 9.53 Å². The van der Waals surface area contributed by atoms with E-state index in [4.69, 9.17) is 4.74 Å². The van der Waals surface area contributed by atoms with Crippen LogP contribution in [0.3, 0.4) is 0 Å². The van der Waals surface area contributed by atoms with Crippen LogP contribution in [0.4, 0.5) is 0 Å². The van der Waals surface area contributed by atoms with Gasteiger partial charge in [-0.25, -0.2) is 0 Å². The molecule has 2 nitrogen and oxygen atoms in total. The zero-order chi connectivity index (χ0) is 9.07. The molecule has 0 heterocycles. The summed E-state index contributed by atoms with van der Waals surface area (Å²) in [6, 6.07) is 0. The van der Waals surface area contributed by atoms with Gasteiger partial charge in [-0.1, -0.05) is 0 Å². The largest absolute Gasteiger partial charge is 0.493 e. The van der Waals surface area contributed by atoms with Crippen molar-refractivity contribution in [3.8, 4) is 0 Å². The molecule has 0 aromatic rings. The number of allylic oxidation sites excluding steroid dienone is 2. The molecule has 0 N–H and O–H groups in total. The molecule has 0 saturated heterocycles. The summed E-state index contributed by atoms with van der Waals surface area (Å²) in [5.74, 6) is 0.691. The molecular formula is C9H16O2. The van der Waals surface area contributed by atoms with Crippen LogP contribution in [0.2, 0.25) is 0 Å². The normalized spacial score (nSPS) is 13.0. The topological polar surface area (TPSA) is 26.3 Å². The highest BCUT2D eigenvalue weighted by molar-refractivity contribution is 5.87. The van der Waals surface area contributed by atoms with Gasteiger partial charge in [-0.3, -0.25) is 4.79 Å². The third kappa shape index (κ3) is 7.10. The molecule has 0 rings (SSSR count). The Balaban J connectivity index is 4.07. The first-order chi connectivity index (χ1) is 4.81. The Morgan fingerprint density at radius 2 is 1.73 bits per heavy atom. The molecule has 0 fully saturated rings.